The van der Waals surface area contributed by atoms with Gasteiger partial charge in [0, 0.05) is 19.3 Å². The maximum absolute atomic E-state index is 12.3. The largest absolute Gasteiger partial charge is 0.383 e. The van der Waals surface area contributed by atoms with Gasteiger partial charge in [-0.25, -0.2) is 4.98 Å². The molecule has 3 rings (SSSR count). The van der Waals surface area contributed by atoms with E-state index in [4.69, 9.17) is 17.0 Å². The minimum atomic E-state index is -0.153. The first-order chi connectivity index (χ1) is 13.1. The molecule has 0 aliphatic heterocycles. The third kappa shape index (κ3) is 4.69. The van der Waals surface area contributed by atoms with Crippen molar-refractivity contribution in [2.75, 3.05) is 25.6 Å². The molecule has 0 aliphatic carbocycles. The highest BCUT2D eigenvalue weighted by Gasteiger charge is 2.14. The quantitative estimate of drug-likeness (QED) is 0.639. The van der Waals surface area contributed by atoms with Crippen molar-refractivity contribution in [3.8, 4) is 0 Å². The molecular weight excluding hydrogens is 360 g/mol. The molecule has 0 bridgehead atoms. The van der Waals surface area contributed by atoms with Crippen LogP contribution in [0.1, 0.15) is 11.4 Å². The van der Waals surface area contributed by atoms with Gasteiger partial charge in [0.15, 0.2) is 5.11 Å². The van der Waals surface area contributed by atoms with Gasteiger partial charge in [-0.3, -0.25) is 4.79 Å². The number of thiocarbonyl (C=S) groups is 1. The Kier molecular flexibility index (Phi) is 6.16. The smallest absolute Gasteiger partial charge is 0.258 e. The minimum Gasteiger partial charge on any atom is -0.383 e. The van der Waals surface area contributed by atoms with Gasteiger partial charge >= 0.3 is 0 Å². The van der Waals surface area contributed by atoms with Crippen LogP contribution in [0.5, 0.6) is 0 Å². The number of H-pyrrole nitrogens is 1. The standard InChI is InChI=1S/C20H22N4O2S/c1-14-7-3-5-9-16(14)22-20(27)24(11-12-26-2)13-18-21-17-10-6-4-8-15(17)19(25)23-18/h3-10H,11-13H2,1-2H3,(H,22,27)(H,21,23,25). The third-order valence-electron chi connectivity index (χ3n) is 4.24. The summed E-state index contributed by atoms with van der Waals surface area (Å²) < 4.78 is 5.21. The highest BCUT2D eigenvalue weighted by Crippen LogP contribution is 2.15. The van der Waals surface area contributed by atoms with Crippen LogP contribution >= 0.6 is 12.2 Å². The molecule has 7 heteroatoms. The molecule has 6 nitrogen and oxygen atoms in total. The Morgan fingerprint density at radius 3 is 2.74 bits per heavy atom. The van der Waals surface area contributed by atoms with Gasteiger partial charge in [0.05, 0.1) is 24.1 Å². The number of anilines is 1. The first-order valence-electron chi connectivity index (χ1n) is 8.67. The summed E-state index contributed by atoms with van der Waals surface area (Å²) in [5, 5.41) is 4.40. The van der Waals surface area contributed by atoms with E-state index in [0.717, 1.165) is 11.3 Å². The van der Waals surface area contributed by atoms with Gasteiger partial charge in [-0.15, -0.1) is 0 Å². The van der Waals surface area contributed by atoms with Crippen molar-refractivity contribution in [3.63, 3.8) is 0 Å². The summed E-state index contributed by atoms with van der Waals surface area (Å²) in [7, 11) is 1.64. The first kappa shape index (κ1) is 19.0. The number of methoxy groups -OCH3 is 1. The molecular formula is C20H22N4O2S. The summed E-state index contributed by atoms with van der Waals surface area (Å²) in [6.07, 6.45) is 0. The van der Waals surface area contributed by atoms with E-state index in [1.165, 1.54) is 0 Å². The third-order valence-corrected chi connectivity index (χ3v) is 4.60. The Balaban J connectivity index is 1.83. The normalized spacial score (nSPS) is 10.7. The Hall–Kier alpha value is -2.77. The molecule has 0 spiro atoms. The summed E-state index contributed by atoms with van der Waals surface area (Å²) in [4.78, 5) is 21.7. The van der Waals surface area contributed by atoms with Crippen LogP contribution in [0.2, 0.25) is 0 Å². The number of hydrogen-bond acceptors (Lipinski definition) is 4. The van der Waals surface area contributed by atoms with E-state index in [-0.39, 0.29) is 5.56 Å². The summed E-state index contributed by atoms with van der Waals surface area (Å²) in [6, 6.07) is 15.2. The van der Waals surface area contributed by atoms with Crippen molar-refractivity contribution in [2.24, 2.45) is 0 Å². The maximum Gasteiger partial charge on any atom is 0.258 e. The fraction of sp³-hybridized carbons (Fsp3) is 0.250. The van der Waals surface area contributed by atoms with Crippen molar-refractivity contribution < 1.29 is 4.74 Å². The molecule has 0 fully saturated rings. The van der Waals surface area contributed by atoms with E-state index in [2.05, 4.69) is 15.3 Å². The number of nitrogens with one attached hydrogen (secondary N) is 2. The fourth-order valence-corrected chi connectivity index (χ4v) is 3.02. The lowest BCUT2D eigenvalue weighted by Crippen LogP contribution is -2.37. The fourth-order valence-electron chi connectivity index (χ4n) is 2.75. The number of rotatable bonds is 6. The number of aryl methyl sites for hydroxylation is 1. The number of ether oxygens (including phenoxy) is 1. The zero-order valence-electron chi connectivity index (χ0n) is 15.4. The van der Waals surface area contributed by atoms with Gasteiger partial charge in [-0.1, -0.05) is 30.3 Å². The number of aromatic amines is 1. The number of aromatic nitrogens is 2. The Morgan fingerprint density at radius 1 is 1.22 bits per heavy atom. The molecule has 0 amide bonds. The van der Waals surface area contributed by atoms with Gasteiger partial charge in [0.1, 0.15) is 5.82 Å². The van der Waals surface area contributed by atoms with E-state index in [9.17, 15) is 4.79 Å². The minimum absolute atomic E-state index is 0.153. The highest BCUT2D eigenvalue weighted by molar-refractivity contribution is 7.80. The lowest BCUT2D eigenvalue weighted by molar-refractivity contribution is 0.174. The van der Waals surface area contributed by atoms with Crippen LogP contribution in [-0.4, -0.2) is 40.2 Å². The van der Waals surface area contributed by atoms with E-state index >= 15 is 0 Å². The van der Waals surface area contributed by atoms with Crippen LogP contribution in [-0.2, 0) is 11.3 Å². The van der Waals surface area contributed by atoms with E-state index in [1.807, 2.05) is 54.3 Å². The SMILES string of the molecule is COCCN(Cc1nc2ccccc2c(=O)[nH]1)C(=S)Nc1ccccc1C. The van der Waals surface area contributed by atoms with Crippen molar-refractivity contribution in [2.45, 2.75) is 13.5 Å². The molecule has 27 heavy (non-hydrogen) atoms. The molecule has 0 saturated carbocycles. The summed E-state index contributed by atoms with van der Waals surface area (Å²) in [5.41, 5.74) is 2.56. The molecule has 2 N–H and O–H groups in total. The van der Waals surface area contributed by atoms with Gasteiger partial charge < -0.3 is 19.9 Å². The van der Waals surface area contributed by atoms with Crippen molar-refractivity contribution in [1.82, 2.24) is 14.9 Å². The van der Waals surface area contributed by atoms with Crippen LogP contribution < -0.4 is 10.9 Å². The zero-order valence-corrected chi connectivity index (χ0v) is 16.2. The number of benzene rings is 2. The van der Waals surface area contributed by atoms with Gasteiger partial charge in [0.25, 0.3) is 5.56 Å². The van der Waals surface area contributed by atoms with Crippen molar-refractivity contribution in [3.05, 3.63) is 70.3 Å². The second kappa shape index (κ2) is 8.75. The van der Waals surface area contributed by atoms with E-state index in [0.29, 0.717) is 41.5 Å². The van der Waals surface area contributed by atoms with E-state index < -0.39 is 0 Å². The summed E-state index contributed by atoms with van der Waals surface area (Å²) in [5.74, 6) is 0.559. The monoisotopic (exact) mass is 382 g/mol. The van der Waals surface area contributed by atoms with Crippen LogP contribution in [0.15, 0.2) is 53.3 Å². The molecule has 2 aromatic carbocycles. The second-order valence-corrected chi connectivity index (χ2v) is 6.58. The maximum atomic E-state index is 12.3. The number of hydrogen-bond donors (Lipinski definition) is 2. The van der Waals surface area contributed by atoms with Crippen LogP contribution in [0.3, 0.4) is 0 Å². The molecule has 0 radical (unpaired) electrons. The van der Waals surface area contributed by atoms with Crippen molar-refractivity contribution in [1.29, 1.82) is 0 Å². The molecule has 0 aliphatic rings. The summed E-state index contributed by atoms with van der Waals surface area (Å²) in [6.45, 7) is 3.48. The average Bonchev–Trinajstić information content (AvgIpc) is 2.67. The van der Waals surface area contributed by atoms with Crippen molar-refractivity contribution >= 4 is 33.9 Å². The topological polar surface area (TPSA) is 70.2 Å². The predicted octanol–water partition coefficient (Wildman–Crippen LogP) is 3.08. The first-order valence-corrected chi connectivity index (χ1v) is 9.07. The number of nitrogens with zero attached hydrogens (tertiary/aromatic N) is 2. The summed E-state index contributed by atoms with van der Waals surface area (Å²) >= 11 is 5.60. The van der Waals surface area contributed by atoms with Gasteiger partial charge in [-0.2, -0.15) is 0 Å². The lowest BCUT2D eigenvalue weighted by atomic mass is 10.2. The van der Waals surface area contributed by atoms with Gasteiger partial charge in [-0.05, 0) is 42.9 Å². The molecule has 140 valence electrons. The predicted molar refractivity (Wildman–Crippen MR) is 112 cm³/mol. The highest BCUT2D eigenvalue weighted by atomic mass is 32.1. The Labute approximate surface area is 163 Å². The zero-order chi connectivity index (χ0) is 19.2. The number of para-hydroxylation sites is 2. The number of fused-ring (bicyclic) bond motifs is 1. The molecule has 1 heterocycles. The van der Waals surface area contributed by atoms with Gasteiger partial charge in [0.2, 0.25) is 0 Å². The molecule has 0 atom stereocenters. The van der Waals surface area contributed by atoms with Crippen LogP contribution in [0.4, 0.5) is 5.69 Å². The molecule has 0 saturated heterocycles. The Bertz CT molecular complexity index is 1000. The van der Waals surface area contributed by atoms with Crippen LogP contribution in [0, 0.1) is 6.92 Å². The molecule has 0 unspecified atom stereocenters. The van der Waals surface area contributed by atoms with E-state index in [1.54, 1.807) is 13.2 Å². The Morgan fingerprint density at radius 2 is 1.96 bits per heavy atom. The lowest BCUT2D eigenvalue weighted by Gasteiger charge is -2.25. The molecule has 3 aromatic rings. The average molecular weight is 382 g/mol. The second-order valence-electron chi connectivity index (χ2n) is 6.19. The van der Waals surface area contributed by atoms with Crippen LogP contribution in [0.25, 0.3) is 10.9 Å². The molecule has 1 aromatic heterocycles.